The van der Waals surface area contributed by atoms with E-state index in [0.29, 0.717) is 13.1 Å². The number of nitrogens with one attached hydrogen (secondary N) is 3. The number of carbonyl (C=O) groups excluding carboxylic acids is 1. The van der Waals surface area contributed by atoms with Gasteiger partial charge in [0.1, 0.15) is 0 Å². The van der Waals surface area contributed by atoms with Crippen LogP contribution in [0.2, 0.25) is 0 Å². The zero-order valence-corrected chi connectivity index (χ0v) is 17.5. The molecule has 1 heterocycles. The van der Waals surface area contributed by atoms with Gasteiger partial charge >= 0.3 is 0 Å². The second-order valence-corrected chi connectivity index (χ2v) is 8.79. The average Bonchev–Trinajstić information content (AvgIpc) is 3.18. The normalized spacial score (nSPS) is 17.6. The van der Waals surface area contributed by atoms with Crippen LogP contribution in [0, 0.1) is 5.41 Å². The van der Waals surface area contributed by atoms with Crippen molar-refractivity contribution >= 4 is 23.2 Å². The highest BCUT2D eigenvalue weighted by Crippen LogP contribution is 2.41. The molecule has 26 heavy (non-hydrogen) atoms. The summed E-state index contributed by atoms with van der Waals surface area (Å²) >= 11 is 1.86. The lowest BCUT2D eigenvalue weighted by atomic mass is 9.73. The molecule has 1 fully saturated rings. The topological polar surface area (TPSA) is 65.5 Å². The van der Waals surface area contributed by atoms with E-state index in [0.717, 1.165) is 12.5 Å². The van der Waals surface area contributed by atoms with Gasteiger partial charge in [0.2, 0.25) is 5.91 Å². The molecule has 0 spiro atoms. The third kappa shape index (κ3) is 5.22. The van der Waals surface area contributed by atoms with E-state index in [1.54, 1.807) is 7.05 Å². The molecule has 0 saturated heterocycles. The summed E-state index contributed by atoms with van der Waals surface area (Å²) in [6.07, 6.45) is 6.36. The second-order valence-electron chi connectivity index (χ2n) is 7.84. The fraction of sp³-hybridized carbons (Fsp3) is 0.700. The van der Waals surface area contributed by atoms with Crippen LogP contribution in [0.25, 0.3) is 0 Å². The van der Waals surface area contributed by atoms with Crippen molar-refractivity contribution in [3.63, 3.8) is 0 Å². The SMILES string of the molecule is CCNC(=O)C(C)(C)CNC(=NC)NCC1(c2cccs2)CCCCC1. The predicted octanol–water partition coefficient (Wildman–Crippen LogP) is 3.28. The quantitative estimate of drug-likeness (QED) is 0.504. The van der Waals surface area contributed by atoms with Crippen LogP contribution < -0.4 is 16.0 Å². The van der Waals surface area contributed by atoms with Gasteiger partial charge in [0.05, 0.1) is 5.41 Å². The predicted molar refractivity (Wildman–Crippen MR) is 111 cm³/mol. The first-order valence-corrected chi connectivity index (χ1v) is 10.6. The van der Waals surface area contributed by atoms with E-state index in [1.165, 1.54) is 37.0 Å². The van der Waals surface area contributed by atoms with Crippen molar-refractivity contribution in [2.24, 2.45) is 10.4 Å². The van der Waals surface area contributed by atoms with Crippen LogP contribution in [0.3, 0.4) is 0 Å². The molecule has 0 bridgehead atoms. The summed E-state index contributed by atoms with van der Waals surface area (Å²) in [4.78, 5) is 18.0. The first kappa shape index (κ1) is 20.7. The average molecular weight is 379 g/mol. The molecule has 1 aromatic rings. The zero-order valence-electron chi connectivity index (χ0n) is 16.7. The van der Waals surface area contributed by atoms with Gasteiger partial charge in [-0.15, -0.1) is 11.3 Å². The van der Waals surface area contributed by atoms with E-state index in [1.807, 2.05) is 32.1 Å². The number of rotatable bonds is 7. The van der Waals surface area contributed by atoms with Crippen molar-refractivity contribution < 1.29 is 4.79 Å². The maximum Gasteiger partial charge on any atom is 0.227 e. The smallest absolute Gasteiger partial charge is 0.227 e. The minimum atomic E-state index is -0.482. The van der Waals surface area contributed by atoms with Crippen molar-refractivity contribution in [2.45, 2.75) is 58.3 Å². The summed E-state index contributed by atoms with van der Waals surface area (Å²) in [5.41, 5.74) is -0.275. The van der Waals surface area contributed by atoms with Crippen molar-refractivity contribution in [2.75, 3.05) is 26.7 Å². The van der Waals surface area contributed by atoms with Gasteiger partial charge < -0.3 is 16.0 Å². The second kappa shape index (κ2) is 9.40. The summed E-state index contributed by atoms with van der Waals surface area (Å²) in [5.74, 6) is 0.828. The van der Waals surface area contributed by atoms with Gasteiger partial charge in [-0.2, -0.15) is 0 Å². The van der Waals surface area contributed by atoms with Crippen LogP contribution in [0.5, 0.6) is 0 Å². The first-order chi connectivity index (χ1) is 12.4. The monoisotopic (exact) mass is 378 g/mol. The Hall–Kier alpha value is -1.56. The molecule has 1 aliphatic rings. The summed E-state index contributed by atoms with van der Waals surface area (Å²) in [5, 5.41) is 11.9. The van der Waals surface area contributed by atoms with Crippen LogP contribution >= 0.6 is 11.3 Å². The fourth-order valence-corrected chi connectivity index (χ4v) is 4.56. The van der Waals surface area contributed by atoms with E-state index in [9.17, 15) is 4.79 Å². The number of hydrogen-bond donors (Lipinski definition) is 3. The fourth-order valence-electron chi connectivity index (χ4n) is 3.58. The van der Waals surface area contributed by atoms with E-state index in [4.69, 9.17) is 0 Å². The molecule has 2 rings (SSSR count). The van der Waals surface area contributed by atoms with Gasteiger partial charge in [-0.25, -0.2) is 0 Å². The van der Waals surface area contributed by atoms with Crippen molar-refractivity contribution in [1.82, 2.24) is 16.0 Å². The highest BCUT2D eigenvalue weighted by atomic mass is 32.1. The van der Waals surface area contributed by atoms with Gasteiger partial charge in [0.25, 0.3) is 0 Å². The van der Waals surface area contributed by atoms with Gasteiger partial charge in [0.15, 0.2) is 5.96 Å². The Morgan fingerprint density at radius 3 is 2.54 bits per heavy atom. The molecule has 1 saturated carbocycles. The summed E-state index contributed by atoms with van der Waals surface area (Å²) in [6.45, 7) is 7.92. The number of nitrogens with zero attached hydrogens (tertiary/aromatic N) is 1. The number of aliphatic imine (C=N–C) groups is 1. The molecule has 3 N–H and O–H groups in total. The Morgan fingerprint density at radius 1 is 1.23 bits per heavy atom. The van der Waals surface area contributed by atoms with E-state index < -0.39 is 5.41 Å². The molecule has 146 valence electrons. The minimum absolute atomic E-state index is 0.0605. The molecule has 0 unspecified atom stereocenters. The molecule has 1 amide bonds. The molecule has 0 aliphatic heterocycles. The highest BCUT2D eigenvalue weighted by Gasteiger charge is 2.35. The lowest BCUT2D eigenvalue weighted by molar-refractivity contribution is -0.128. The van der Waals surface area contributed by atoms with Gasteiger partial charge in [-0.05, 0) is 45.1 Å². The van der Waals surface area contributed by atoms with Crippen molar-refractivity contribution in [3.8, 4) is 0 Å². The number of carbonyl (C=O) groups is 1. The van der Waals surface area contributed by atoms with E-state index in [2.05, 4.69) is 38.5 Å². The molecular weight excluding hydrogens is 344 g/mol. The Bertz CT molecular complexity index is 589. The molecule has 1 aliphatic carbocycles. The zero-order chi connectivity index (χ0) is 19.0. The van der Waals surface area contributed by atoms with E-state index >= 15 is 0 Å². The molecule has 1 aromatic heterocycles. The number of thiophene rings is 1. The van der Waals surface area contributed by atoms with Crippen LogP contribution in [0.1, 0.15) is 57.8 Å². The lowest BCUT2D eigenvalue weighted by Gasteiger charge is -2.37. The van der Waals surface area contributed by atoms with Crippen LogP contribution in [0.4, 0.5) is 0 Å². The number of hydrogen-bond acceptors (Lipinski definition) is 3. The molecule has 0 radical (unpaired) electrons. The van der Waals surface area contributed by atoms with E-state index in [-0.39, 0.29) is 11.3 Å². The first-order valence-electron chi connectivity index (χ1n) is 9.70. The van der Waals surface area contributed by atoms with Gasteiger partial charge in [-0.1, -0.05) is 25.3 Å². The van der Waals surface area contributed by atoms with Crippen molar-refractivity contribution in [1.29, 1.82) is 0 Å². The summed E-state index contributed by atoms with van der Waals surface area (Å²) in [6, 6.07) is 4.42. The number of amides is 1. The third-order valence-electron chi connectivity index (χ3n) is 5.32. The molecule has 5 nitrogen and oxygen atoms in total. The van der Waals surface area contributed by atoms with Crippen LogP contribution in [-0.4, -0.2) is 38.5 Å². The molecule has 0 atom stereocenters. The summed E-state index contributed by atoms with van der Waals surface area (Å²) < 4.78 is 0. The van der Waals surface area contributed by atoms with Gasteiger partial charge in [-0.3, -0.25) is 9.79 Å². The third-order valence-corrected chi connectivity index (χ3v) is 6.44. The lowest BCUT2D eigenvalue weighted by Crippen LogP contribution is -2.50. The Labute approximate surface area is 162 Å². The Kier molecular flexibility index (Phi) is 7.50. The molecule has 6 heteroatoms. The maximum atomic E-state index is 12.2. The standard InChI is InChI=1S/C20H34N4OS/c1-5-22-17(25)19(2,3)14-23-18(21-4)24-15-20(11-7-6-8-12-20)16-10-9-13-26-16/h9-10,13H,5-8,11-12,14-15H2,1-4H3,(H,22,25)(H2,21,23,24). The number of guanidine groups is 1. The van der Waals surface area contributed by atoms with Crippen molar-refractivity contribution in [3.05, 3.63) is 22.4 Å². The molecule has 0 aromatic carbocycles. The highest BCUT2D eigenvalue weighted by molar-refractivity contribution is 7.10. The molecular formula is C20H34N4OS. The van der Waals surface area contributed by atoms with Gasteiger partial charge in [0, 0.05) is 37.0 Å². The Morgan fingerprint density at radius 2 is 1.96 bits per heavy atom. The largest absolute Gasteiger partial charge is 0.356 e. The summed E-state index contributed by atoms with van der Waals surface area (Å²) in [7, 11) is 1.78. The van der Waals surface area contributed by atoms with Crippen LogP contribution in [-0.2, 0) is 10.2 Å². The maximum absolute atomic E-state index is 12.2. The van der Waals surface area contributed by atoms with Crippen LogP contribution in [0.15, 0.2) is 22.5 Å². The Balaban J connectivity index is 1.96. The minimum Gasteiger partial charge on any atom is -0.356 e.